The average molecular weight is 175 g/mol. The van der Waals surface area contributed by atoms with Gasteiger partial charge in [0, 0.05) is 5.92 Å². The van der Waals surface area contributed by atoms with Crippen LogP contribution in [0.15, 0.2) is 0 Å². The topological polar surface area (TPSA) is 38.3 Å². The molecule has 0 radical (unpaired) electrons. The van der Waals surface area contributed by atoms with E-state index in [1.54, 1.807) is 0 Å². The van der Waals surface area contributed by atoms with E-state index in [9.17, 15) is 4.79 Å². The van der Waals surface area contributed by atoms with Crippen molar-refractivity contribution >= 4 is 5.91 Å². The predicted octanol–water partition coefficient (Wildman–Crippen LogP) is 2.13. The summed E-state index contributed by atoms with van der Waals surface area (Å²) < 4.78 is 0. The van der Waals surface area contributed by atoms with Crippen molar-refractivity contribution in [1.29, 1.82) is 0 Å². The van der Waals surface area contributed by atoms with Crippen LogP contribution in [0.2, 0.25) is 0 Å². The molecule has 12 heavy (non-hydrogen) atoms. The maximum Gasteiger partial charge on any atom is 0.246 e. The second-order valence-electron chi connectivity index (χ2n) is 2.21. The molecule has 1 amide bonds. The molecule has 0 heterocycles. The molecule has 1 atom stereocenters. The molecule has 0 aromatic heterocycles. The molecule has 74 valence electrons. The van der Waals surface area contributed by atoms with Crippen molar-refractivity contribution in [3.63, 3.8) is 0 Å². The second kappa shape index (κ2) is 10.4. The van der Waals surface area contributed by atoms with E-state index in [2.05, 4.69) is 5.48 Å². The number of amides is 1. The van der Waals surface area contributed by atoms with E-state index in [1.165, 1.54) is 0 Å². The predicted molar refractivity (Wildman–Crippen MR) is 50.6 cm³/mol. The Hall–Kier alpha value is -0.570. The quantitative estimate of drug-likeness (QED) is 0.665. The summed E-state index contributed by atoms with van der Waals surface area (Å²) in [5.74, 6) is 0.0101. The normalized spacial score (nSPS) is 11.1. The van der Waals surface area contributed by atoms with Gasteiger partial charge < -0.3 is 0 Å². The zero-order valence-electron chi connectivity index (χ0n) is 8.81. The lowest BCUT2D eigenvalue weighted by atomic mass is 10.1. The van der Waals surface area contributed by atoms with Gasteiger partial charge in [0.15, 0.2) is 0 Å². The Morgan fingerprint density at radius 1 is 1.42 bits per heavy atom. The molecule has 0 saturated carbocycles. The number of carbonyl (C=O) groups is 1. The van der Waals surface area contributed by atoms with E-state index >= 15 is 0 Å². The van der Waals surface area contributed by atoms with Crippen LogP contribution >= 0.6 is 0 Å². The van der Waals surface area contributed by atoms with Crippen molar-refractivity contribution in [1.82, 2.24) is 5.48 Å². The molecule has 0 saturated heterocycles. The van der Waals surface area contributed by atoms with Crippen molar-refractivity contribution in [2.45, 2.75) is 41.0 Å². The summed E-state index contributed by atoms with van der Waals surface area (Å²) >= 11 is 0. The highest BCUT2D eigenvalue weighted by Crippen LogP contribution is 1.98. The molecular weight excluding hydrogens is 154 g/mol. The van der Waals surface area contributed by atoms with E-state index in [4.69, 9.17) is 4.84 Å². The van der Waals surface area contributed by atoms with Gasteiger partial charge in [-0.3, -0.25) is 9.63 Å². The van der Waals surface area contributed by atoms with Gasteiger partial charge in [0.1, 0.15) is 0 Å². The van der Waals surface area contributed by atoms with Crippen molar-refractivity contribution in [3.05, 3.63) is 0 Å². The fourth-order valence-corrected chi connectivity index (χ4v) is 0.429. The molecule has 0 fully saturated rings. The Bertz CT molecular complexity index is 105. The van der Waals surface area contributed by atoms with Crippen molar-refractivity contribution in [3.8, 4) is 0 Å². The van der Waals surface area contributed by atoms with Gasteiger partial charge in [-0.2, -0.15) is 0 Å². The molecule has 0 aromatic rings. The van der Waals surface area contributed by atoms with Crippen LogP contribution in [-0.4, -0.2) is 12.5 Å². The van der Waals surface area contributed by atoms with E-state index in [0.717, 1.165) is 6.42 Å². The van der Waals surface area contributed by atoms with Crippen LogP contribution in [0, 0.1) is 5.92 Å². The van der Waals surface area contributed by atoms with Gasteiger partial charge in [-0.05, 0) is 13.3 Å². The molecule has 1 unspecified atom stereocenters. The summed E-state index contributed by atoms with van der Waals surface area (Å²) in [4.78, 5) is 15.6. The first-order chi connectivity index (χ1) is 5.72. The van der Waals surface area contributed by atoms with Gasteiger partial charge in [0.05, 0.1) is 6.61 Å². The monoisotopic (exact) mass is 175 g/mol. The first-order valence-electron chi connectivity index (χ1n) is 4.64. The molecule has 0 spiro atoms. The van der Waals surface area contributed by atoms with E-state index in [-0.39, 0.29) is 11.8 Å². The fourth-order valence-electron chi connectivity index (χ4n) is 0.429. The van der Waals surface area contributed by atoms with Crippen molar-refractivity contribution < 1.29 is 9.63 Å². The minimum atomic E-state index is -0.0376. The summed E-state index contributed by atoms with van der Waals surface area (Å²) in [5, 5.41) is 0. The Labute approximate surface area is 75.4 Å². The average Bonchev–Trinajstić information content (AvgIpc) is 2.16. The summed E-state index contributed by atoms with van der Waals surface area (Å²) in [7, 11) is 0. The maximum atomic E-state index is 10.9. The van der Waals surface area contributed by atoms with Crippen molar-refractivity contribution in [2.75, 3.05) is 6.61 Å². The van der Waals surface area contributed by atoms with Gasteiger partial charge in [0.2, 0.25) is 5.91 Å². The van der Waals surface area contributed by atoms with Gasteiger partial charge in [0.25, 0.3) is 0 Å². The Morgan fingerprint density at radius 3 is 2.25 bits per heavy atom. The van der Waals surface area contributed by atoms with Crippen LogP contribution in [0.1, 0.15) is 41.0 Å². The summed E-state index contributed by atoms with van der Waals surface area (Å²) in [6.07, 6.45) is 0.846. The highest BCUT2D eigenvalue weighted by molar-refractivity contribution is 5.77. The zero-order chi connectivity index (χ0) is 9.98. The summed E-state index contributed by atoms with van der Waals surface area (Å²) in [6.45, 7) is 10.2. The van der Waals surface area contributed by atoms with E-state index < -0.39 is 0 Å². The first-order valence-corrected chi connectivity index (χ1v) is 4.64. The first kappa shape index (κ1) is 14.0. The zero-order valence-corrected chi connectivity index (χ0v) is 8.81. The van der Waals surface area contributed by atoms with Crippen LogP contribution in [-0.2, 0) is 9.63 Å². The van der Waals surface area contributed by atoms with E-state index in [1.807, 2.05) is 34.6 Å². The molecule has 0 aromatic carbocycles. The van der Waals surface area contributed by atoms with Gasteiger partial charge >= 0.3 is 0 Å². The molecule has 0 aliphatic rings. The number of rotatable bonds is 4. The van der Waals surface area contributed by atoms with Crippen molar-refractivity contribution in [2.24, 2.45) is 5.92 Å². The number of hydrogen-bond donors (Lipinski definition) is 1. The second-order valence-corrected chi connectivity index (χ2v) is 2.21. The number of hydroxylamine groups is 1. The fraction of sp³-hybridized carbons (Fsp3) is 0.889. The maximum absolute atomic E-state index is 10.9. The third-order valence-corrected chi connectivity index (χ3v) is 1.38. The van der Waals surface area contributed by atoms with Crippen LogP contribution in [0.5, 0.6) is 0 Å². The smallest absolute Gasteiger partial charge is 0.246 e. The van der Waals surface area contributed by atoms with Crippen LogP contribution in [0.25, 0.3) is 0 Å². The highest BCUT2D eigenvalue weighted by atomic mass is 16.6. The largest absolute Gasteiger partial charge is 0.274 e. The Kier molecular flexibility index (Phi) is 12.2. The van der Waals surface area contributed by atoms with E-state index in [0.29, 0.717) is 6.61 Å². The Morgan fingerprint density at radius 2 is 1.92 bits per heavy atom. The molecule has 3 heteroatoms. The molecule has 0 aliphatic heterocycles. The van der Waals surface area contributed by atoms with Gasteiger partial charge in [-0.25, -0.2) is 5.48 Å². The molecule has 3 nitrogen and oxygen atoms in total. The molecular formula is C9H21NO2. The molecule has 1 N–H and O–H groups in total. The highest BCUT2D eigenvalue weighted by Gasteiger charge is 2.08. The summed E-state index contributed by atoms with van der Waals surface area (Å²) in [6, 6.07) is 0. The molecule has 0 rings (SSSR count). The number of carbonyl (C=O) groups excluding carboxylic acids is 1. The summed E-state index contributed by atoms with van der Waals surface area (Å²) in [5.41, 5.74) is 2.34. The third kappa shape index (κ3) is 7.54. The lowest BCUT2D eigenvalue weighted by Gasteiger charge is -2.07. The lowest BCUT2D eigenvalue weighted by Crippen LogP contribution is -2.28. The minimum Gasteiger partial charge on any atom is -0.274 e. The van der Waals surface area contributed by atoms with Crippen LogP contribution < -0.4 is 5.48 Å². The van der Waals surface area contributed by atoms with Gasteiger partial charge in [-0.15, -0.1) is 0 Å². The van der Waals surface area contributed by atoms with Crippen LogP contribution in [0.3, 0.4) is 0 Å². The lowest BCUT2D eigenvalue weighted by molar-refractivity contribution is -0.136. The Balaban J connectivity index is 0. The SMILES string of the molecule is CC.CCONC(=O)C(C)CC. The molecule has 0 bridgehead atoms. The van der Waals surface area contributed by atoms with Gasteiger partial charge in [-0.1, -0.05) is 27.7 Å². The van der Waals surface area contributed by atoms with Crippen LogP contribution in [0.4, 0.5) is 0 Å². The number of hydrogen-bond acceptors (Lipinski definition) is 2. The molecule has 0 aliphatic carbocycles. The third-order valence-electron chi connectivity index (χ3n) is 1.38. The standard InChI is InChI=1S/C7H15NO2.C2H6/c1-4-6(3)7(9)8-10-5-2;1-2/h6H,4-5H2,1-3H3,(H,8,9);1-2H3. The number of nitrogens with one attached hydrogen (secondary N) is 1. The minimum absolute atomic E-state index is 0.0376.